The molecule has 0 spiro atoms. The first-order valence-electron chi connectivity index (χ1n) is 16.6. The van der Waals surface area contributed by atoms with Crippen molar-refractivity contribution in [1.29, 1.82) is 0 Å². The average Bonchev–Trinajstić information content (AvgIpc) is 3.21. The van der Waals surface area contributed by atoms with Crippen LogP contribution in [0.5, 0.6) is 0 Å². The second kappa shape index (κ2) is 12.6. The van der Waals surface area contributed by atoms with Gasteiger partial charge >= 0.3 is 0 Å². The van der Waals surface area contributed by atoms with Crippen LogP contribution in [0.1, 0.15) is 0 Å². The molecule has 0 aliphatic rings. The SMILES string of the molecule is c1ccc(-c2nc(-c3ccc(-c4cccc(-c5ccc6ccc7cccnc7c6n5)c4)cc3)nc(-c3ccccc3-c3ccccc3)n2)cc1. The van der Waals surface area contributed by atoms with E-state index in [1.165, 1.54) is 0 Å². The fourth-order valence-electron chi connectivity index (χ4n) is 6.44. The highest BCUT2D eigenvalue weighted by Gasteiger charge is 2.16. The summed E-state index contributed by atoms with van der Waals surface area (Å²) in [4.78, 5) is 24.7. The summed E-state index contributed by atoms with van der Waals surface area (Å²) in [5, 5.41) is 2.16. The van der Waals surface area contributed by atoms with Crippen molar-refractivity contribution in [1.82, 2.24) is 24.9 Å². The Morgan fingerprint density at radius 2 is 0.860 bits per heavy atom. The Bertz CT molecular complexity index is 2640. The smallest absolute Gasteiger partial charge is 0.164 e. The molecule has 0 radical (unpaired) electrons. The van der Waals surface area contributed by atoms with Gasteiger partial charge in [-0.15, -0.1) is 0 Å². The summed E-state index contributed by atoms with van der Waals surface area (Å²) in [5.74, 6) is 1.89. The van der Waals surface area contributed by atoms with Crippen LogP contribution < -0.4 is 0 Å². The van der Waals surface area contributed by atoms with Gasteiger partial charge in [-0.05, 0) is 40.5 Å². The fraction of sp³-hybridized carbons (Fsp3) is 0. The van der Waals surface area contributed by atoms with Crippen LogP contribution in [0.25, 0.3) is 89.5 Å². The predicted octanol–water partition coefficient (Wildman–Crippen LogP) is 11.0. The van der Waals surface area contributed by atoms with Crippen molar-refractivity contribution in [3.8, 4) is 67.7 Å². The van der Waals surface area contributed by atoms with E-state index in [9.17, 15) is 0 Å². The standard InChI is InChI=1S/C45H29N5/c1-3-11-31(12-4-1)38-18-7-8-19-39(38)45-49-43(34-13-5-2-6-14-34)48-44(50-45)35-24-20-30(21-25-35)36-15-9-16-37(29-36)40-27-26-33-23-22-32-17-10-28-46-41(32)42(33)47-40/h1-29H. The van der Waals surface area contributed by atoms with Crippen LogP contribution in [0.15, 0.2) is 176 Å². The number of fused-ring (bicyclic) bond motifs is 3. The van der Waals surface area contributed by atoms with Crippen LogP contribution >= 0.6 is 0 Å². The Morgan fingerprint density at radius 3 is 1.62 bits per heavy atom. The van der Waals surface area contributed by atoms with Crippen molar-refractivity contribution in [3.05, 3.63) is 176 Å². The second-order valence-corrected chi connectivity index (χ2v) is 12.2. The van der Waals surface area contributed by atoms with Gasteiger partial charge in [0.2, 0.25) is 0 Å². The summed E-state index contributed by atoms with van der Waals surface area (Å²) in [6, 6.07) is 58.1. The van der Waals surface area contributed by atoms with Crippen molar-refractivity contribution < 1.29 is 0 Å². The van der Waals surface area contributed by atoms with Crippen LogP contribution in [0.4, 0.5) is 0 Å². The van der Waals surface area contributed by atoms with Gasteiger partial charge in [-0.1, -0.05) is 152 Å². The maximum absolute atomic E-state index is 5.07. The number of benzene rings is 6. The highest BCUT2D eigenvalue weighted by atomic mass is 15.0. The molecule has 50 heavy (non-hydrogen) atoms. The van der Waals surface area contributed by atoms with Gasteiger partial charge in [0.25, 0.3) is 0 Å². The largest absolute Gasteiger partial charge is 0.254 e. The summed E-state index contributed by atoms with van der Waals surface area (Å²) in [7, 11) is 0. The van der Waals surface area contributed by atoms with Crippen molar-refractivity contribution in [2.75, 3.05) is 0 Å². The third kappa shape index (κ3) is 5.57. The van der Waals surface area contributed by atoms with Gasteiger partial charge in [0.05, 0.1) is 16.7 Å². The Kier molecular flexibility index (Phi) is 7.41. The number of nitrogens with zero attached hydrogens (tertiary/aromatic N) is 5. The molecule has 9 rings (SSSR count). The minimum Gasteiger partial charge on any atom is -0.254 e. The lowest BCUT2D eigenvalue weighted by molar-refractivity contribution is 1.07. The normalized spacial score (nSPS) is 11.2. The van der Waals surface area contributed by atoms with E-state index in [-0.39, 0.29) is 0 Å². The lowest BCUT2D eigenvalue weighted by atomic mass is 9.99. The van der Waals surface area contributed by atoms with Gasteiger partial charge < -0.3 is 0 Å². The van der Waals surface area contributed by atoms with Crippen molar-refractivity contribution in [2.45, 2.75) is 0 Å². The molecule has 5 nitrogen and oxygen atoms in total. The molecular weight excluding hydrogens is 611 g/mol. The zero-order chi connectivity index (χ0) is 33.3. The molecule has 0 aliphatic carbocycles. The van der Waals surface area contributed by atoms with Crippen molar-refractivity contribution in [2.24, 2.45) is 0 Å². The summed E-state index contributed by atoms with van der Waals surface area (Å²) in [6.45, 7) is 0. The van der Waals surface area contributed by atoms with Gasteiger partial charge in [0, 0.05) is 39.2 Å². The Balaban J connectivity index is 1.09. The first-order chi connectivity index (χ1) is 24.8. The molecule has 3 heterocycles. The molecule has 234 valence electrons. The first-order valence-corrected chi connectivity index (χ1v) is 16.6. The number of hydrogen-bond acceptors (Lipinski definition) is 5. The molecule has 0 saturated heterocycles. The number of pyridine rings is 2. The van der Waals surface area contributed by atoms with Crippen LogP contribution in [-0.4, -0.2) is 24.9 Å². The van der Waals surface area contributed by atoms with E-state index in [0.29, 0.717) is 17.5 Å². The maximum atomic E-state index is 5.07. The van der Waals surface area contributed by atoms with E-state index >= 15 is 0 Å². The molecule has 0 atom stereocenters. The number of rotatable bonds is 6. The lowest BCUT2D eigenvalue weighted by Crippen LogP contribution is -2.01. The van der Waals surface area contributed by atoms with E-state index in [4.69, 9.17) is 19.9 Å². The number of aromatic nitrogens is 5. The highest BCUT2D eigenvalue weighted by molar-refractivity contribution is 6.03. The summed E-state index contributed by atoms with van der Waals surface area (Å²) >= 11 is 0. The predicted molar refractivity (Wildman–Crippen MR) is 203 cm³/mol. The molecule has 9 aromatic rings. The topological polar surface area (TPSA) is 64.5 Å². The van der Waals surface area contributed by atoms with E-state index in [1.807, 2.05) is 54.7 Å². The zero-order valence-electron chi connectivity index (χ0n) is 27.0. The van der Waals surface area contributed by atoms with Gasteiger partial charge in [-0.2, -0.15) is 0 Å². The summed E-state index contributed by atoms with van der Waals surface area (Å²) < 4.78 is 0. The van der Waals surface area contributed by atoms with E-state index in [0.717, 1.165) is 72.0 Å². The quantitative estimate of drug-likeness (QED) is 0.169. The third-order valence-electron chi connectivity index (χ3n) is 8.99. The second-order valence-electron chi connectivity index (χ2n) is 12.2. The van der Waals surface area contributed by atoms with E-state index in [2.05, 4.69) is 126 Å². The molecule has 0 bridgehead atoms. The number of hydrogen-bond donors (Lipinski definition) is 0. The molecule has 0 fully saturated rings. The molecule has 5 heteroatoms. The van der Waals surface area contributed by atoms with Crippen molar-refractivity contribution >= 4 is 21.8 Å². The summed E-state index contributed by atoms with van der Waals surface area (Å²) in [6.07, 6.45) is 1.82. The summed E-state index contributed by atoms with van der Waals surface area (Å²) in [5.41, 5.74) is 11.0. The van der Waals surface area contributed by atoms with Crippen LogP contribution in [0, 0.1) is 0 Å². The first kappa shape index (κ1) is 29.3. The third-order valence-corrected chi connectivity index (χ3v) is 8.99. The molecular formula is C45H29N5. The molecule has 6 aromatic carbocycles. The Morgan fingerprint density at radius 1 is 0.300 bits per heavy atom. The molecule has 0 unspecified atom stereocenters. The van der Waals surface area contributed by atoms with Gasteiger partial charge in [-0.3, -0.25) is 4.98 Å². The minimum atomic E-state index is 0.623. The van der Waals surface area contributed by atoms with Gasteiger partial charge in [0.15, 0.2) is 17.5 Å². The van der Waals surface area contributed by atoms with Gasteiger partial charge in [0.1, 0.15) is 0 Å². The molecule has 3 aromatic heterocycles. The molecule has 0 saturated carbocycles. The van der Waals surface area contributed by atoms with Crippen LogP contribution in [0.3, 0.4) is 0 Å². The minimum absolute atomic E-state index is 0.623. The Hall–Kier alpha value is -6.85. The Labute approximate surface area is 289 Å². The molecule has 0 aliphatic heterocycles. The maximum Gasteiger partial charge on any atom is 0.164 e. The highest BCUT2D eigenvalue weighted by Crippen LogP contribution is 2.34. The average molecular weight is 640 g/mol. The lowest BCUT2D eigenvalue weighted by Gasteiger charge is -2.12. The zero-order valence-corrected chi connectivity index (χ0v) is 27.0. The van der Waals surface area contributed by atoms with Crippen LogP contribution in [0.2, 0.25) is 0 Å². The fourth-order valence-corrected chi connectivity index (χ4v) is 6.44. The molecule has 0 N–H and O–H groups in total. The van der Waals surface area contributed by atoms with Crippen LogP contribution in [-0.2, 0) is 0 Å². The monoisotopic (exact) mass is 639 g/mol. The molecule has 0 amide bonds. The van der Waals surface area contributed by atoms with Gasteiger partial charge in [-0.25, -0.2) is 19.9 Å². The van der Waals surface area contributed by atoms with Crippen molar-refractivity contribution in [3.63, 3.8) is 0 Å². The van der Waals surface area contributed by atoms with E-state index in [1.54, 1.807) is 0 Å². The van der Waals surface area contributed by atoms with E-state index < -0.39 is 0 Å².